The number of anilines is 1. The highest BCUT2D eigenvalue weighted by molar-refractivity contribution is 7.89. The Morgan fingerprint density at radius 1 is 1.08 bits per heavy atom. The summed E-state index contributed by atoms with van der Waals surface area (Å²) >= 11 is 0. The third-order valence-electron chi connectivity index (χ3n) is 6.12. The molecule has 37 heavy (non-hydrogen) atoms. The highest BCUT2D eigenvalue weighted by Gasteiger charge is 2.24. The number of pyridine rings is 2. The predicted molar refractivity (Wildman–Crippen MR) is 142 cm³/mol. The molecule has 0 spiro atoms. The Labute approximate surface area is 215 Å². The maximum absolute atomic E-state index is 12.9. The average Bonchev–Trinajstić information content (AvgIpc) is 3.28. The molecule has 4 aromatic rings. The highest BCUT2D eigenvalue weighted by Crippen LogP contribution is 2.35. The van der Waals surface area contributed by atoms with Crippen LogP contribution in [0.25, 0.3) is 27.8 Å². The fraction of sp³-hybridized carbons (Fsp3) is 0.308. The Bertz CT molecular complexity index is 1540. The van der Waals surface area contributed by atoms with Gasteiger partial charge in [0.25, 0.3) is 5.91 Å². The van der Waals surface area contributed by atoms with Crippen LogP contribution < -0.4 is 9.62 Å². The van der Waals surface area contributed by atoms with Gasteiger partial charge in [-0.15, -0.1) is 0 Å². The highest BCUT2D eigenvalue weighted by atomic mass is 32.2. The maximum Gasteiger partial charge on any atom is 0.283 e. The number of nitrogens with one attached hydrogen (secondary N) is 1. The molecular weight excluding hydrogens is 492 g/mol. The zero-order chi connectivity index (χ0) is 26.2. The molecule has 1 saturated heterocycles. The number of benzene rings is 1. The summed E-state index contributed by atoms with van der Waals surface area (Å²) in [5, 5.41) is 5.66. The molecule has 0 bridgehead atoms. The second kappa shape index (κ2) is 9.91. The quantitative estimate of drug-likeness (QED) is 0.412. The first kappa shape index (κ1) is 24.8. The van der Waals surface area contributed by atoms with Gasteiger partial charge in [-0.3, -0.25) is 4.79 Å². The van der Waals surface area contributed by atoms with Crippen LogP contribution in [0.2, 0.25) is 0 Å². The molecule has 1 aliphatic rings. The normalized spacial score (nSPS) is 14.3. The third-order valence-corrected chi connectivity index (χ3v) is 6.67. The molecular formula is C26H28N6O4S. The molecule has 3 aromatic heterocycles. The standard InChI is InChI=1S/C26H28N6O4S/c1-17(2)24-23-20(18-9-10-22(27-16-18)31-11-13-36-14-12-31)15-21(26(33)30-37(3,34)35)28-25(23)32(29-24)19-7-5-4-6-8-19/h4-10,15-17H,11-14H2,1-3H3,(H,30,33). The van der Waals surface area contributed by atoms with E-state index in [1.54, 1.807) is 16.9 Å². The van der Waals surface area contributed by atoms with Crippen LogP contribution in [-0.4, -0.2) is 66.6 Å². The van der Waals surface area contributed by atoms with Crippen molar-refractivity contribution in [1.29, 1.82) is 0 Å². The predicted octanol–water partition coefficient (Wildman–Crippen LogP) is 3.13. The lowest BCUT2D eigenvalue weighted by molar-refractivity contribution is 0.0977. The van der Waals surface area contributed by atoms with E-state index in [4.69, 9.17) is 9.84 Å². The average molecular weight is 521 g/mol. The largest absolute Gasteiger partial charge is 0.378 e. The number of sulfonamides is 1. The Balaban J connectivity index is 1.72. The molecule has 5 rings (SSSR count). The number of morpholine rings is 1. The number of carbonyl (C=O) groups excluding carboxylic acids is 1. The number of hydrogen-bond donors (Lipinski definition) is 1. The van der Waals surface area contributed by atoms with Crippen molar-refractivity contribution in [3.8, 4) is 16.8 Å². The monoisotopic (exact) mass is 520 g/mol. The lowest BCUT2D eigenvalue weighted by Crippen LogP contribution is -2.36. The van der Waals surface area contributed by atoms with Crippen molar-refractivity contribution in [3.63, 3.8) is 0 Å². The van der Waals surface area contributed by atoms with Gasteiger partial charge in [-0.2, -0.15) is 5.10 Å². The lowest BCUT2D eigenvalue weighted by atomic mass is 9.98. The van der Waals surface area contributed by atoms with Crippen LogP contribution in [0.4, 0.5) is 5.82 Å². The summed E-state index contributed by atoms with van der Waals surface area (Å²) in [6.07, 6.45) is 2.70. The number of carbonyl (C=O) groups is 1. The van der Waals surface area contributed by atoms with Gasteiger partial charge < -0.3 is 9.64 Å². The minimum atomic E-state index is -3.78. The fourth-order valence-electron chi connectivity index (χ4n) is 4.39. The molecule has 1 fully saturated rings. The minimum absolute atomic E-state index is 0.0300. The molecule has 192 valence electrons. The Morgan fingerprint density at radius 2 is 1.81 bits per heavy atom. The van der Waals surface area contributed by atoms with E-state index >= 15 is 0 Å². The number of fused-ring (bicyclic) bond motifs is 1. The SMILES string of the molecule is CC(C)c1nn(-c2ccccc2)c2nc(C(=O)NS(C)(=O)=O)cc(-c3ccc(N4CCOCC4)nc3)c12. The molecule has 1 amide bonds. The van der Waals surface area contributed by atoms with Gasteiger partial charge in [-0.25, -0.2) is 27.8 Å². The number of ether oxygens (including phenoxy) is 1. The molecule has 0 atom stereocenters. The summed E-state index contributed by atoms with van der Waals surface area (Å²) < 4.78 is 32.8. The van der Waals surface area contributed by atoms with Crippen LogP contribution in [-0.2, 0) is 14.8 Å². The molecule has 10 nitrogen and oxygen atoms in total. The first-order valence-electron chi connectivity index (χ1n) is 12.0. The summed E-state index contributed by atoms with van der Waals surface area (Å²) in [5.41, 5.74) is 3.50. The van der Waals surface area contributed by atoms with E-state index < -0.39 is 15.9 Å². The number of amides is 1. The van der Waals surface area contributed by atoms with Crippen molar-refractivity contribution < 1.29 is 17.9 Å². The molecule has 0 aliphatic carbocycles. The smallest absolute Gasteiger partial charge is 0.283 e. The zero-order valence-electron chi connectivity index (χ0n) is 20.9. The summed E-state index contributed by atoms with van der Waals surface area (Å²) in [5.74, 6) is 0.0937. The van der Waals surface area contributed by atoms with Gasteiger partial charge in [0.2, 0.25) is 10.0 Å². The number of para-hydroxylation sites is 1. The van der Waals surface area contributed by atoms with Crippen molar-refractivity contribution in [1.82, 2.24) is 24.5 Å². The fourth-order valence-corrected chi connectivity index (χ4v) is 4.83. The Hall–Kier alpha value is -3.83. The van der Waals surface area contributed by atoms with E-state index in [0.29, 0.717) is 24.4 Å². The number of nitrogens with zero attached hydrogens (tertiary/aromatic N) is 5. The van der Waals surface area contributed by atoms with Gasteiger partial charge >= 0.3 is 0 Å². The summed E-state index contributed by atoms with van der Waals surface area (Å²) in [7, 11) is -3.78. The summed E-state index contributed by atoms with van der Waals surface area (Å²) in [6, 6.07) is 15.0. The van der Waals surface area contributed by atoms with E-state index in [1.807, 2.05) is 61.0 Å². The van der Waals surface area contributed by atoms with Crippen LogP contribution in [0.3, 0.4) is 0 Å². The molecule has 0 unspecified atom stereocenters. The van der Waals surface area contributed by atoms with Gasteiger partial charge in [0.15, 0.2) is 5.65 Å². The second-order valence-electron chi connectivity index (χ2n) is 9.25. The first-order chi connectivity index (χ1) is 17.7. The van der Waals surface area contributed by atoms with Crippen molar-refractivity contribution in [2.45, 2.75) is 19.8 Å². The summed E-state index contributed by atoms with van der Waals surface area (Å²) in [6.45, 7) is 6.94. The van der Waals surface area contributed by atoms with Crippen molar-refractivity contribution in [2.24, 2.45) is 0 Å². The molecule has 1 aromatic carbocycles. The van der Waals surface area contributed by atoms with E-state index in [-0.39, 0.29) is 11.6 Å². The van der Waals surface area contributed by atoms with Crippen LogP contribution in [0.15, 0.2) is 54.7 Å². The van der Waals surface area contributed by atoms with Crippen molar-refractivity contribution >= 4 is 32.8 Å². The first-order valence-corrected chi connectivity index (χ1v) is 13.9. The van der Waals surface area contributed by atoms with E-state index in [1.165, 1.54) is 0 Å². The zero-order valence-corrected chi connectivity index (χ0v) is 21.7. The lowest BCUT2D eigenvalue weighted by Gasteiger charge is -2.27. The Morgan fingerprint density at radius 3 is 2.43 bits per heavy atom. The van der Waals surface area contributed by atoms with Crippen LogP contribution in [0, 0.1) is 0 Å². The van der Waals surface area contributed by atoms with Crippen molar-refractivity contribution in [3.05, 3.63) is 66.1 Å². The molecule has 1 aliphatic heterocycles. The van der Waals surface area contributed by atoms with Gasteiger partial charge in [-0.1, -0.05) is 32.0 Å². The summed E-state index contributed by atoms with van der Waals surface area (Å²) in [4.78, 5) is 24.4. The third kappa shape index (κ3) is 5.18. The van der Waals surface area contributed by atoms with Crippen LogP contribution >= 0.6 is 0 Å². The van der Waals surface area contributed by atoms with Gasteiger partial charge in [0.1, 0.15) is 11.5 Å². The maximum atomic E-state index is 12.9. The molecule has 0 saturated carbocycles. The number of rotatable bonds is 6. The topological polar surface area (TPSA) is 119 Å². The van der Waals surface area contributed by atoms with E-state index in [9.17, 15) is 13.2 Å². The molecule has 1 N–H and O–H groups in total. The second-order valence-corrected chi connectivity index (χ2v) is 11.0. The number of aromatic nitrogens is 4. The van der Waals surface area contributed by atoms with Gasteiger partial charge in [0.05, 0.1) is 36.2 Å². The van der Waals surface area contributed by atoms with Crippen LogP contribution in [0.1, 0.15) is 35.9 Å². The van der Waals surface area contributed by atoms with Gasteiger partial charge in [-0.05, 0) is 41.8 Å². The van der Waals surface area contributed by atoms with E-state index in [2.05, 4.69) is 14.9 Å². The Kier molecular flexibility index (Phi) is 6.65. The molecule has 11 heteroatoms. The minimum Gasteiger partial charge on any atom is -0.378 e. The molecule has 4 heterocycles. The van der Waals surface area contributed by atoms with Gasteiger partial charge in [0, 0.05) is 24.8 Å². The van der Waals surface area contributed by atoms with E-state index in [0.717, 1.165) is 47.5 Å². The van der Waals surface area contributed by atoms with Crippen LogP contribution in [0.5, 0.6) is 0 Å². The molecule has 0 radical (unpaired) electrons. The van der Waals surface area contributed by atoms with Crippen molar-refractivity contribution in [2.75, 3.05) is 37.5 Å². The number of hydrogen-bond acceptors (Lipinski definition) is 8.